The van der Waals surface area contributed by atoms with E-state index in [-0.39, 0.29) is 11.1 Å². The van der Waals surface area contributed by atoms with Crippen molar-refractivity contribution in [3.05, 3.63) is 151 Å². The average Bonchev–Trinajstić information content (AvgIpc) is 3.72. The van der Waals surface area contributed by atoms with E-state index in [0.29, 0.717) is 67.6 Å². The number of carbonyl (C=O) groups is 3. The number of carbonyl (C=O) groups excluding carboxylic acids is 3. The molecule has 0 saturated carbocycles. The molecule has 21 heteroatoms. The van der Waals surface area contributed by atoms with E-state index in [1.54, 1.807) is 73.5 Å². The van der Waals surface area contributed by atoms with Crippen LogP contribution >= 0.6 is 31.9 Å². The van der Waals surface area contributed by atoms with Crippen LogP contribution in [-0.2, 0) is 9.53 Å². The van der Waals surface area contributed by atoms with E-state index in [0.717, 1.165) is 6.92 Å². The van der Waals surface area contributed by atoms with Crippen molar-refractivity contribution in [2.45, 2.75) is 60.0 Å². The Hall–Kier alpha value is -5.93. The maximum atomic E-state index is 14.3. The predicted octanol–water partition coefficient (Wildman–Crippen LogP) is 10.7. The summed E-state index contributed by atoms with van der Waals surface area (Å²) < 4.78 is 123. The minimum Gasteiger partial charge on any atom is -0.449 e. The van der Waals surface area contributed by atoms with E-state index in [2.05, 4.69) is 51.3 Å². The molecule has 0 spiro atoms. The van der Waals surface area contributed by atoms with Crippen LogP contribution in [0.25, 0.3) is 11.4 Å². The van der Waals surface area contributed by atoms with E-state index < -0.39 is 88.9 Å². The zero-order valence-electron chi connectivity index (χ0n) is 33.2. The van der Waals surface area contributed by atoms with Crippen LogP contribution in [0.2, 0.25) is 0 Å². The van der Waals surface area contributed by atoms with Gasteiger partial charge in [-0.2, -0.15) is 17.6 Å². The van der Waals surface area contributed by atoms with Gasteiger partial charge in [0, 0.05) is 45.0 Å². The Morgan fingerprint density at radius 2 is 1.00 bits per heavy atom. The summed E-state index contributed by atoms with van der Waals surface area (Å²) in [5, 5.41) is 10.5. The number of ketones is 2. The molecule has 2 atom stereocenters. The lowest BCUT2D eigenvalue weighted by molar-refractivity contribution is -0.144. The zero-order valence-corrected chi connectivity index (χ0v) is 36.4. The summed E-state index contributed by atoms with van der Waals surface area (Å²) in [6, 6.07) is 11.9. The molecule has 6 aromatic rings. The van der Waals surface area contributed by atoms with Gasteiger partial charge in [-0.3, -0.25) is 14.4 Å². The number of alkyl halides is 4. The number of hydrogen-bond donors (Lipinski definition) is 1. The van der Waals surface area contributed by atoms with E-state index in [1.165, 1.54) is 12.1 Å². The third-order valence-corrected chi connectivity index (χ3v) is 9.80. The number of rotatable bonds is 13. The van der Waals surface area contributed by atoms with Crippen molar-refractivity contribution in [1.82, 2.24) is 19.1 Å². The molecule has 4 aromatic carbocycles. The summed E-state index contributed by atoms with van der Waals surface area (Å²) >= 11 is 6.54. The van der Waals surface area contributed by atoms with Gasteiger partial charge in [0.05, 0.1) is 22.8 Å². The Morgan fingerprint density at radius 3 is 1.35 bits per heavy atom. The first-order chi connectivity index (χ1) is 29.6. The van der Waals surface area contributed by atoms with Crippen LogP contribution in [0.5, 0.6) is 11.5 Å². The summed E-state index contributed by atoms with van der Waals surface area (Å²) in [7, 11) is 0. The largest absolute Gasteiger partial charge is 0.449 e. The maximum absolute atomic E-state index is 14.3. The molecule has 63 heavy (non-hydrogen) atoms. The minimum absolute atomic E-state index is 0.0600. The summed E-state index contributed by atoms with van der Waals surface area (Å²) in [6.45, 7) is 1.11. The molecule has 2 aromatic heterocycles. The lowest BCUT2D eigenvalue weighted by atomic mass is 9.97. The molecule has 332 valence electrons. The number of halogens is 10. The smallest absolute Gasteiger partial charge is 0.387 e. The molecule has 6 rings (SSSR count). The second-order valence-electron chi connectivity index (χ2n) is 13.4. The second kappa shape index (κ2) is 20.1. The minimum atomic E-state index is -3.46. The van der Waals surface area contributed by atoms with Crippen molar-refractivity contribution in [1.29, 1.82) is 0 Å². The lowest BCUT2D eigenvalue weighted by Crippen LogP contribution is -2.21. The molecule has 0 aliphatic heterocycles. The van der Waals surface area contributed by atoms with Gasteiger partial charge in [0.1, 0.15) is 17.8 Å². The first-order valence-electron chi connectivity index (χ1n) is 18.0. The number of aromatic nitrogens is 4. The van der Waals surface area contributed by atoms with Crippen molar-refractivity contribution in [3.63, 3.8) is 0 Å². The number of nitrogens with zero attached hydrogens (tertiary/aromatic N) is 4. The Kier molecular flexibility index (Phi) is 15.3. The third-order valence-electron chi connectivity index (χ3n) is 8.82. The molecule has 0 bridgehead atoms. The molecule has 0 saturated heterocycles. The zero-order chi connectivity index (χ0) is 46.6. The second-order valence-corrected chi connectivity index (χ2v) is 15.3. The van der Waals surface area contributed by atoms with E-state index in [4.69, 9.17) is 4.74 Å². The number of imidazole rings is 2. The Labute approximate surface area is 369 Å². The third kappa shape index (κ3) is 11.4. The van der Waals surface area contributed by atoms with Crippen LogP contribution in [0.4, 0.5) is 35.1 Å². The van der Waals surface area contributed by atoms with Gasteiger partial charge in [0.25, 0.3) is 0 Å². The monoisotopic (exact) mass is 1010 g/mol. The Bertz CT molecular complexity index is 2660. The normalized spacial score (nSPS) is 12.2. The van der Waals surface area contributed by atoms with Gasteiger partial charge >= 0.3 is 19.2 Å². The molecular formula is C42H32Br2F8N4O7. The van der Waals surface area contributed by atoms with Crippen LogP contribution in [0, 0.1) is 51.0 Å². The molecule has 0 aliphatic rings. The molecule has 2 heterocycles. The van der Waals surface area contributed by atoms with Crippen molar-refractivity contribution >= 4 is 49.4 Å². The fraction of sp³-hybridized carbons (Fsp3) is 0.214. The van der Waals surface area contributed by atoms with Gasteiger partial charge in [-0.25, -0.2) is 27.5 Å². The summed E-state index contributed by atoms with van der Waals surface area (Å²) in [5.41, 5.74) is 1.46. The van der Waals surface area contributed by atoms with Crippen LogP contribution in [-0.4, -0.2) is 55.0 Å². The summed E-state index contributed by atoms with van der Waals surface area (Å²) in [6.07, 6.45) is -0.332. The van der Waals surface area contributed by atoms with Gasteiger partial charge in [0.2, 0.25) is 5.78 Å². The van der Waals surface area contributed by atoms with E-state index >= 15 is 0 Å². The van der Waals surface area contributed by atoms with Crippen LogP contribution in [0.3, 0.4) is 0 Å². The first-order valence-corrected chi connectivity index (χ1v) is 19.6. The number of aliphatic hydroxyl groups excluding tert-OH is 1. The number of hydrogen-bond acceptors (Lipinski definition) is 9. The fourth-order valence-electron chi connectivity index (χ4n) is 6.31. The maximum Gasteiger partial charge on any atom is 0.387 e. The predicted molar refractivity (Wildman–Crippen MR) is 216 cm³/mol. The molecule has 2 unspecified atom stereocenters. The van der Waals surface area contributed by atoms with Crippen molar-refractivity contribution in [2.75, 3.05) is 0 Å². The molecule has 0 amide bonds. The molecule has 0 aliphatic carbocycles. The number of ether oxygens (including phenoxy) is 3. The van der Waals surface area contributed by atoms with Crippen molar-refractivity contribution in [3.8, 4) is 22.9 Å². The van der Waals surface area contributed by atoms with Crippen LogP contribution in [0.15, 0.2) is 82.0 Å². The number of aryl methyl sites for hydroxylation is 4. The molecule has 11 nitrogen and oxygen atoms in total. The molecule has 0 radical (unpaired) electrons. The van der Waals surface area contributed by atoms with E-state index in [1.807, 2.05) is 0 Å². The SMILES string of the molecule is CC(=O)OC(C(=O)c1cc(Br)ccc1-n1cc(C)nc1C)c1cc(F)c(OC(F)F)c(F)c1.Cc1cn(-c2ccc(Br)cc2C(=O)C(O)c2cc(F)c(OC(F)F)c(F)c2)c(C)n1. The van der Waals surface area contributed by atoms with Crippen LogP contribution in [0.1, 0.15) is 74.0 Å². The van der Waals surface area contributed by atoms with Gasteiger partial charge in [-0.15, -0.1) is 0 Å². The summed E-state index contributed by atoms with van der Waals surface area (Å²) in [4.78, 5) is 46.8. The number of Topliss-reactive ketones (excluding diaryl/α,β-unsaturated/α-hetero) is 2. The first kappa shape index (κ1) is 48.1. The molecule has 1 N–H and O–H groups in total. The molecular weight excluding hydrogens is 984 g/mol. The highest BCUT2D eigenvalue weighted by atomic mass is 79.9. The highest BCUT2D eigenvalue weighted by Crippen LogP contribution is 2.34. The average molecular weight is 1020 g/mol. The molecule has 0 fully saturated rings. The van der Waals surface area contributed by atoms with Crippen LogP contribution < -0.4 is 9.47 Å². The summed E-state index contributed by atoms with van der Waals surface area (Å²) in [5.74, 6) is -9.88. The van der Waals surface area contributed by atoms with Gasteiger partial charge < -0.3 is 28.5 Å². The van der Waals surface area contributed by atoms with Gasteiger partial charge in [-0.1, -0.05) is 31.9 Å². The fourth-order valence-corrected chi connectivity index (χ4v) is 7.03. The number of benzene rings is 4. The topological polar surface area (TPSA) is 135 Å². The highest BCUT2D eigenvalue weighted by molar-refractivity contribution is 9.10. The number of esters is 1. The number of aliphatic hydroxyl groups is 1. The van der Waals surface area contributed by atoms with Gasteiger partial charge in [0.15, 0.2) is 46.7 Å². The Balaban J connectivity index is 0.000000239. The van der Waals surface area contributed by atoms with Crippen molar-refractivity contribution in [2.24, 2.45) is 0 Å². The quantitative estimate of drug-likeness (QED) is 0.0681. The standard InChI is InChI=1S/C22H17BrF4N2O4.C20H15BrF4N2O3/c1-10-9-29(11(2)28-10)18-5-4-14(23)8-15(18)19(31)20(32-12(3)30)13-6-16(24)21(17(25)7-13)33-22(26)27;1-9-8-27(10(2)26-9)16-4-3-12(21)7-13(16)18(29)17(28)11-5-14(22)19(15(23)6-11)30-20(24)25/h4-9,20,22H,1-3H3;3-8,17,20,28H,1-2H3. The van der Waals surface area contributed by atoms with Crippen molar-refractivity contribution < 1.29 is 68.8 Å². The lowest BCUT2D eigenvalue weighted by Gasteiger charge is -2.20. The highest BCUT2D eigenvalue weighted by Gasteiger charge is 2.31. The Morgan fingerprint density at radius 1 is 0.619 bits per heavy atom. The van der Waals surface area contributed by atoms with E-state index in [9.17, 15) is 54.6 Å². The van der Waals surface area contributed by atoms with Gasteiger partial charge in [-0.05, 0) is 93.9 Å².